The number of hydrogen-bond acceptors (Lipinski definition) is 3. The highest BCUT2D eigenvalue weighted by molar-refractivity contribution is 7.91. The Morgan fingerprint density at radius 3 is 2.43 bits per heavy atom. The van der Waals surface area contributed by atoms with Gasteiger partial charge in [0.1, 0.15) is 9.84 Å². The topological polar surface area (TPSA) is 51.2 Å². The zero-order valence-electron chi connectivity index (χ0n) is 11.4. The second-order valence-electron chi connectivity index (χ2n) is 5.40. The number of halogens is 3. The van der Waals surface area contributed by atoms with Gasteiger partial charge in [-0.05, 0) is 31.4 Å². The lowest BCUT2D eigenvalue weighted by Gasteiger charge is -2.27. The van der Waals surface area contributed by atoms with Crippen molar-refractivity contribution in [1.82, 2.24) is 0 Å². The van der Waals surface area contributed by atoms with Crippen molar-refractivity contribution in [1.29, 1.82) is 0 Å². The quantitative estimate of drug-likeness (QED) is 0.635. The molecule has 0 radical (unpaired) electrons. The summed E-state index contributed by atoms with van der Waals surface area (Å²) in [6, 6.07) is 1.60. The summed E-state index contributed by atoms with van der Waals surface area (Å²) in [7, 11) is -3.28. The van der Waals surface area contributed by atoms with Crippen LogP contribution < -0.4 is 0 Å². The Hall–Kier alpha value is -1.37. The van der Waals surface area contributed by atoms with Crippen LogP contribution in [0.15, 0.2) is 12.1 Å². The molecular weight excluding hydrogens is 305 g/mol. The van der Waals surface area contributed by atoms with Crippen molar-refractivity contribution in [2.45, 2.75) is 30.9 Å². The van der Waals surface area contributed by atoms with Crippen LogP contribution in [0.2, 0.25) is 0 Å². The van der Waals surface area contributed by atoms with Crippen LogP contribution in [0.4, 0.5) is 13.2 Å². The molecule has 0 spiro atoms. The van der Waals surface area contributed by atoms with Crippen molar-refractivity contribution in [2.24, 2.45) is 5.92 Å². The largest absolute Gasteiger partial charge is 0.294 e. The van der Waals surface area contributed by atoms with Crippen molar-refractivity contribution in [3.8, 4) is 0 Å². The van der Waals surface area contributed by atoms with Gasteiger partial charge in [0, 0.05) is 12.2 Å². The molecule has 0 bridgehead atoms. The van der Waals surface area contributed by atoms with Crippen molar-refractivity contribution in [3.63, 3.8) is 0 Å². The fourth-order valence-corrected chi connectivity index (χ4v) is 3.88. The molecular formula is C14H15F3O3S. The minimum Gasteiger partial charge on any atom is -0.294 e. The Labute approximate surface area is 121 Å². The number of carbonyl (C=O) groups excluding carboxylic acids is 1. The smallest absolute Gasteiger partial charge is 0.195 e. The molecule has 2 rings (SSSR count). The molecule has 1 aliphatic carbocycles. The zero-order valence-corrected chi connectivity index (χ0v) is 12.2. The summed E-state index contributed by atoms with van der Waals surface area (Å²) < 4.78 is 62.8. The first-order valence-electron chi connectivity index (χ1n) is 6.58. The average molecular weight is 320 g/mol. The van der Waals surface area contributed by atoms with Crippen LogP contribution in [0.1, 0.15) is 36.0 Å². The normalized spacial score (nSPS) is 23.0. The SMILES string of the molecule is CS(=O)(=O)C1CCCC(C(=O)c2ccc(F)c(F)c2F)C1. The highest BCUT2D eigenvalue weighted by Crippen LogP contribution is 2.31. The molecule has 21 heavy (non-hydrogen) atoms. The Morgan fingerprint density at radius 1 is 1.14 bits per heavy atom. The molecule has 2 atom stereocenters. The summed E-state index contributed by atoms with van der Waals surface area (Å²) in [6.07, 6.45) is 2.60. The summed E-state index contributed by atoms with van der Waals surface area (Å²) in [5, 5.41) is -0.645. The maximum Gasteiger partial charge on any atom is 0.195 e. The third kappa shape index (κ3) is 3.28. The van der Waals surface area contributed by atoms with E-state index in [1.165, 1.54) is 0 Å². The first kappa shape index (κ1) is 16.0. The number of hydrogen-bond donors (Lipinski definition) is 0. The van der Waals surface area contributed by atoms with Gasteiger partial charge in [-0.15, -0.1) is 0 Å². The highest BCUT2D eigenvalue weighted by Gasteiger charge is 2.34. The lowest BCUT2D eigenvalue weighted by atomic mass is 9.83. The van der Waals surface area contributed by atoms with Crippen LogP contribution in [0.3, 0.4) is 0 Å². The molecule has 1 aromatic carbocycles. The predicted molar refractivity (Wildman–Crippen MR) is 71.2 cm³/mol. The number of benzene rings is 1. The number of Topliss-reactive ketones (excluding diaryl/α,β-unsaturated/α-hetero) is 1. The number of carbonyl (C=O) groups is 1. The maximum absolute atomic E-state index is 13.6. The summed E-state index contributed by atoms with van der Waals surface area (Å²) in [5.74, 6) is -5.91. The first-order chi connectivity index (χ1) is 9.71. The average Bonchev–Trinajstić information content (AvgIpc) is 2.43. The Kier molecular flexibility index (Phi) is 4.41. The number of sulfone groups is 1. The molecule has 116 valence electrons. The van der Waals surface area contributed by atoms with Gasteiger partial charge in [-0.1, -0.05) is 6.42 Å². The standard InChI is InChI=1S/C14H15F3O3S/c1-21(19,20)9-4-2-3-8(7-9)14(18)10-5-6-11(15)13(17)12(10)16/h5-6,8-9H,2-4,7H2,1H3. The molecule has 0 heterocycles. The second kappa shape index (κ2) is 5.79. The summed E-state index contributed by atoms with van der Waals surface area (Å²) >= 11 is 0. The Balaban J connectivity index is 2.26. The van der Waals surface area contributed by atoms with Crippen LogP contribution in [0, 0.1) is 23.4 Å². The van der Waals surface area contributed by atoms with Gasteiger partial charge in [-0.3, -0.25) is 4.79 Å². The van der Waals surface area contributed by atoms with E-state index in [1.54, 1.807) is 0 Å². The summed E-state index contributed by atoms with van der Waals surface area (Å²) in [6.45, 7) is 0. The van der Waals surface area contributed by atoms with Crippen molar-refractivity contribution >= 4 is 15.6 Å². The minimum atomic E-state index is -3.28. The van der Waals surface area contributed by atoms with Gasteiger partial charge >= 0.3 is 0 Å². The van der Waals surface area contributed by atoms with Crippen LogP contribution in [-0.2, 0) is 9.84 Å². The monoisotopic (exact) mass is 320 g/mol. The van der Waals surface area contributed by atoms with E-state index in [-0.39, 0.29) is 6.42 Å². The van der Waals surface area contributed by atoms with E-state index >= 15 is 0 Å². The number of ketones is 1. The predicted octanol–water partition coefficient (Wildman–Crippen LogP) is 2.89. The maximum atomic E-state index is 13.6. The zero-order chi connectivity index (χ0) is 15.8. The highest BCUT2D eigenvalue weighted by atomic mass is 32.2. The molecule has 1 aromatic rings. The lowest BCUT2D eigenvalue weighted by Crippen LogP contribution is -2.31. The van der Waals surface area contributed by atoms with Crippen LogP contribution in [0.5, 0.6) is 0 Å². The van der Waals surface area contributed by atoms with Gasteiger partial charge in [0.15, 0.2) is 23.2 Å². The molecule has 1 fully saturated rings. The van der Waals surface area contributed by atoms with Gasteiger partial charge in [0.2, 0.25) is 0 Å². The van der Waals surface area contributed by atoms with Crippen LogP contribution in [-0.4, -0.2) is 25.7 Å². The minimum absolute atomic E-state index is 0.0934. The molecule has 0 N–H and O–H groups in total. The van der Waals surface area contributed by atoms with Gasteiger partial charge < -0.3 is 0 Å². The molecule has 0 amide bonds. The fraction of sp³-hybridized carbons (Fsp3) is 0.500. The van der Waals surface area contributed by atoms with E-state index in [0.29, 0.717) is 25.3 Å². The van der Waals surface area contributed by atoms with Crippen molar-refractivity contribution in [2.75, 3.05) is 6.26 Å². The molecule has 2 unspecified atom stereocenters. The van der Waals surface area contributed by atoms with E-state index < -0.39 is 49.8 Å². The molecule has 1 aliphatic rings. The van der Waals surface area contributed by atoms with Gasteiger partial charge in [-0.2, -0.15) is 0 Å². The second-order valence-corrected chi connectivity index (χ2v) is 7.73. The third-order valence-electron chi connectivity index (χ3n) is 3.90. The van der Waals surface area contributed by atoms with Gasteiger partial charge in [0.05, 0.1) is 10.8 Å². The molecule has 0 saturated heterocycles. The molecule has 1 saturated carbocycles. The van der Waals surface area contributed by atoms with E-state index in [1.807, 2.05) is 0 Å². The number of rotatable bonds is 3. The summed E-state index contributed by atoms with van der Waals surface area (Å²) in [4.78, 5) is 12.2. The van der Waals surface area contributed by atoms with Gasteiger partial charge in [0.25, 0.3) is 0 Å². The fourth-order valence-electron chi connectivity index (χ4n) is 2.71. The van der Waals surface area contributed by atoms with E-state index in [9.17, 15) is 26.4 Å². The molecule has 3 nitrogen and oxygen atoms in total. The van der Waals surface area contributed by atoms with Crippen LogP contribution in [0.25, 0.3) is 0 Å². The van der Waals surface area contributed by atoms with Crippen molar-refractivity contribution < 1.29 is 26.4 Å². The third-order valence-corrected chi connectivity index (χ3v) is 5.54. The first-order valence-corrected chi connectivity index (χ1v) is 8.54. The van der Waals surface area contributed by atoms with E-state index in [0.717, 1.165) is 12.3 Å². The molecule has 7 heteroatoms. The molecule has 0 aliphatic heterocycles. The van der Waals surface area contributed by atoms with E-state index in [2.05, 4.69) is 0 Å². The van der Waals surface area contributed by atoms with Crippen LogP contribution >= 0.6 is 0 Å². The molecule has 0 aromatic heterocycles. The van der Waals surface area contributed by atoms with Gasteiger partial charge in [-0.25, -0.2) is 21.6 Å². The summed E-state index contributed by atoms with van der Waals surface area (Å²) in [5.41, 5.74) is -0.520. The Bertz CT molecular complexity index is 670. The van der Waals surface area contributed by atoms with E-state index in [4.69, 9.17) is 0 Å². The van der Waals surface area contributed by atoms with Crippen molar-refractivity contribution in [3.05, 3.63) is 35.1 Å². The lowest BCUT2D eigenvalue weighted by molar-refractivity contribution is 0.0885. The Morgan fingerprint density at radius 2 is 1.81 bits per heavy atom.